The van der Waals surface area contributed by atoms with Crippen molar-refractivity contribution in [3.63, 3.8) is 0 Å². The molecule has 0 saturated heterocycles. The molecule has 1 aromatic rings. The Bertz CT molecular complexity index is 418. The number of anilines is 1. The van der Waals surface area contributed by atoms with E-state index in [0.717, 1.165) is 24.5 Å². The minimum atomic E-state index is 0.613. The zero-order valence-corrected chi connectivity index (χ0v) is 14.2. The molecule has 3 heteroatoms. The first-order valence-corrected chi connectivity index (χ1v) is 8.05. The second kappa shape index (κ2) is 8.25. The number of hydrogen-bond acceptors (Lipinski definition) is 1. The topological polar surface area (TPSA) is 24.1 Å². The van der Waals surface area contributed by atoms with E-state index < -0.39 is 0 Å². The van der Waals surface area contributed by atoms with Gasteiger partial charge in [0.2, 0.25) is 0 Å². The molecule has 2 nitrogen and oxygen atoms in total. The summed E-state index contributed by atoms with van der Waals surface area (Å²) < 4.78 is 0. The van der Waals surface area contributed by atoms with Gasteiger partial charge in [-0.2, -0.15) is 0 Å². The van der Waals surface area contributed by atoms with Crippen LogP contribution in [0.15, 0.2) is 18.2 Å². The van der Waals surface area contributed by atoms with E-state index in [0.29, 0.717) is 11.8 Å². The number of hydrogen-bond donors (Lipinski definition) is 2. The number of nitrogens with one attached hydrogen (secondary N) is 2. The van der Waals surface area contributed by atoms with Gasteiger partial charge in [-0.25, -0.2) is 0 Å². The summed E-state index contributed by atoms with van der Waals surface area (Å²) in [5.41, 5.74) is 3.84. The lowest BCUT2D eigenvalue weighted by Gasteiger charge is -2.20. The Balaban J connectivity index is 2.70. The molecule has 0 saturated carbocycles. The molecule has 1 rings (SSSR count). The minimum Gasteiger partial charge on any atom is -0.362 e. The van der Waals surface area contributed by atoms with Gasteiger partial charge in [0.15, 0.2) is 5.11 Å². The SMILES string of the molecule is CCc1cccc(CC)c1NC(=S)NCC(C)C(C)C. The Labute approximate surface area is 129 Å². The number of benzene rings is 1. The highest BCUT2D eigenvalue weighted by molar-refractivity contribution is 7.80. The molecule has 1 atom stereocenters. The molecule has 0 heterocycles. The number of thiocarbonyl (C=S) groups is 1. The van der Waals surface area contributed by atoms with E-state index in [1.165, 1.54) is 16.8 Å². The van der Waals surface area contributed by atoms with Gasteiger partial charge in [0, 0.05) is 12.2 Å². The van der Waals surface area contributed by atoms with Crippen LogP contribution in [0.25, 0.3) is 0 Å². The van der Waals surface area contributed by atoms with Crippen LogP contribution in [-0.2, 0) is 12.8 Å². The fourth-order valence-electron chi connectivity index (χ4n) is 2.05. The van der Waals surface area contributed by atoms with E-state index in [9.17, 15) is 0 Å². The van der Waals surface area contributed by atoms with Crippen LogP contribution in [0.4, 0.5) is 5.69 Å². The number of para-hydroxylation sites is 1. The maximum atomic E-state index is 5.43. The van der Waals surface area contributed by atoms with Crippen molar-refractivity contribution >= 4 is 23.0 Å². The van der Waals surface area contributed by atoms with Crippen molar-refractivity contribution < 1.29 is 0 Å². The van der Waals surface area contributed by atoms with Crippen LogP contribution in [0.3, 0.4) is 0 Å². The lowest BCUT2D eigenvalue weighted by Crippen LogP contribution is -2.34. The van der Waals surface area contributed by atoms with Crippen molar-refractivity contribution in [2.75, 3.05) is 11.9 Å². The summed E-state index contributed by atoms with van der Waals surface area (Å²) >= 11 is 5.43. The molecule has 1 unspecified atom stereocenters. The zero-order chi connectivity index (χ0) is 15.1. The molecule has 2 N–H and O–H groups in total. The second-order valence-electron chi connectivity index (χ2n) is 5.71. The molecule has 0 aliphatic carbocycles. The molecule has 0 fully saturated rings. The fraction of sp³-hybridized carbons (Fsp3) is 0.588. The van der Waals surface area contributed by atoms with E-state index in [2.05, 4.69) is 63.5 Å². The van der Waals surface area contributed by atoms with Crippen LogP contribution in [0, 0.1) is 11.8 Å². The Morgan fingerprint density at radius 3 is 2.10 bits per heavy atom. The average molecular weight is 292 g/mol. The van der Waals surface area contributed by atoms with Gasteiger partial charge in [0.05, 0.1) is 0 Å². The van der Waals surface area contributed by atoms with Gasteiger partial charge in [-0.15, -0.1) is 0 Å². The Hall–Kier alpha value is -1.09. The first-order valence-electron chi connectivity index (χ1n) is 7.65. The first kappa shape index (κ1) is 17.0. The molecule has 0 radical (unpaired) electrons. The van der Waals surface area contributed by atoms with Gasteiger partial charge < -0.3 is 10.6 Å². The highest BCUT2D eigenvalue weighted by atomic mass is 32.1. The Kier molecular flexibility index (Phi) is 7.00. The molecule has 0 amide bonds. The molecule has 20 heavy (non-hydrogen) atoms. The molecular weight excluding hydrogens is 264 g/mol. The Morgan fingerprint density at radius 2 is 1.65 bits per heavy atom. The third kappa shape index (κ3) is 4.78. The summed E-state index contributed by atoms with van der Waals surface area (Å²) in [6.07, 6.45) is 2.03. The summed E-state index contributed by atoms with van der Waals surface area (Å²) in [5, 5.41) is 7.46. The normalized spacial score (nSPS) is 12.3. The van der Waals surface area contributed by atoms with Crippen LogP contribution < -0.4 is 10.6 Å². The van der Waals surface area contributed by atoms with Crippen LogP contribution in [0.5, 0.6) is 0 Å². The van der Waals surface area contributed by atoms with Crippen molar-refractivity contribution in [3.8, 4) is 0 Å². The van der Waals surface area contributed by atoms with Crippen LogP contribution in [0.2, 0.25) is 0 Å². The highest BCUT2D eigenvalue weighted by Crippen LogP contribution is 2.22. The van der Waals surface area contributed by atoms with E-state index in [4.69, 9.17) is 12.2 Å². The van der Waals surface area contributed by atoms with E-state index >= 15 is 0 Å². The van der Waals surface area contributed by atoms with Crippen LogP contribution >= 0.6 is 12.2 Å². The van der Waals surface area contributed by atoms with Gasteiger partial charge in [0.25, 0.3) is 0 Å². The molecule has 112 valence electrons. The third-order valence-electron chi connectivity index (χ3n) is 3.96. The van der Waals surface area contributed by atoms with E-state index in [1.807, 2.05) is 0 Å². The van der Waals surface area contributed by atoms with Gasteiger partial charge in [-0.1, -0.05) is 52.8 Å². The molecule has 0 bridgehead atoms. The summed E-state index contributed by atoms with van der Waals surface area (Å²) in [6.45, 7) is 12.0. The minimum absolute atomic E-state index is 0.613. The monoisotopic (exact) mass is 292 g/mol. The molecule has 0 aromatic heterocycles. The maximum Gasteiger partial charge on any atom is 0.170 e. The van der Waals surface area contributed by atoms with Crippen molar-refractivity contribution in [1.29, 1.82) is 0 Å². The van der Waals surface area contributed by atoms with Crippen molar-refractivity contribution in [2.24, 2.45) is 11.8 Å². The van der Waals surface area contributed by atoms with Gasteiger partial charge in [0.1, 0.15) is 0 Å². The maximum absolute atomic E-state index is 5.43. The molecule has 1 aromatic carbocycles. The molecular formula is C17H28N2S. The quantitative estimate of drug-likeness (QED) is 0.760. The fourth-order valence-corrected chi connectivity index (χ4v) is 2.24. The predicted molar refractivity (Wildman–Crippen MR) is 93.4 cm³/mol. The van der Waals surface area contributed by atoms with E-state index in [-0.39, 0.29) is 0 Å². The molecule has 0 aliphatic heterocycles. The summed E-state index contributed by atoms with van der Waals surface area (Å²) in [7, 11) is 0. The number of rotatable bonds is 6. The van der Waals surface area contributed by atoms with Gasteiger partial charge in [-0.05, 0) is 48.0 Å². The second-order valence-corrected chi connectivity index (χ2v) is 6.12. The van der Waals surface area contributed by atoms with Crippen LogP contribution in [0.1, 0.15) is 45.7 Å². The Morgan fingerprint density at radius 1 is 1.10 bits per heavy atom. The summed E-state index contributed by atoms with van der Waals surface area (Å²) in [5.74, 6) is 1.28. The number of aryl methyl sites for hydroxylation is 2. The third-order valence-corrected chi connectivity index (χ3v) is 4.21. The lowest BCUT2D eigenvalue weighted by molar-refractivity contribution is 0.416. The van der Waals surface area contributed by atoms with Gasteiger partial charge >= 0.3 is 0 Å². The van der Waals surface area contributed by atoms with Gasteiger partial charge in [-0.3, -0.25) is 0 Å². The van der Waals surface area contributed by atoms with Crippen molar-refractivity contribution in [2.45, 2.75) is 47.5 Å². The summed E-state index contributed by atoms with van der Waals surface area (Å²) in [4.78, 5) is 0. The standard InChI is InChI=1S/C17H28N2S/c1-6-14-9-8-10-15(7-2)16(14)19-17(20)18-11-13(5)12(3)4/h8-10,12-13H,6-7,11H2,1-5H3,(H2,18,19,20). The van der Waals surface area contributed by atoms with Crippen molar-refractivity contribution in [3.05, 3.63) is 29.3 Å². The first-order chi connectivity index (χ1) is 9.49. The largest absolute Gasteiger partial charge is 0.362 e. The lowest BCUT2D eigenvalue weighted by atomic mass is 9.98. The molecule has 0 spiro atoms. The zero-order valence-electron chi connectivity index (χ0n) is 13.4. The summed E-state index contributed by atoms with van der Waals surface area (Å²) in [6, 6.07) is 6.46. The van der Waals surface area contributed by atoms with E-state index in [1.54, 1.807) is 0 Å². The smallest absolute Gasteiger partial charge is 0.170 e. The van der Waals surface area contributed by atoms with Crippen molar-refractivity contribution in [1.82, 2.24) is 5.32 Å². The molecule has 0 aliphatic rings. The van der Waals surface area contributed by atoms with Crippen LogP contribution in [-0.4, -0.2) is 11.7 Å². The highest BCUT2D eigenvalue weighted by Gasteiger charge is 2.10. The average Bonchev–Trinajstić information content (AvgIpc) is 2.44. The predicted octanol–water partition coefficient (Wildman–Crippen LogP) is 4.39.